The number of carbonyl (C=O) groups is 2. The number of aromatic hydroxyl groups is 1. The van der Waals surface area contributed by atoms with E-state index in [9.17, 15) is 19.5 Å². The van der Waals surface area contributed by atoms with Gasteiger partial charge in [0.1, 0.15) is 30.8 Å². The molecule has 3 atom stereocenters. The number of phenols is 1. The summed E-state index contributed by atoms with van der Waals surface area (Å²) in [5, 5.41) is 13.0. The Morgan fingerprint density at radius 3 is 2.74 bits per heavy atom. The van der Waals surface area contributed by atoms with Gasteiger partial charge in [-0.05, 0) is 34.5 Å². The first-order valence-electron chi connectivity index (χ1n) is 9.46. The monoisotopic (exact) mass is 495 g/mol. The molecule has 166 valence electrons. The van der Waals surface area contributed by atoms with Gasteiger partial charge < -0.3 is 24.6 Å². The van der Waals surface area contributed by atoms with Crippen LogP contribution in [-0.4, -0.2) is 45.4 Å². The first-order chi connectivity index (χ1) is 14.7. The first-order valence-corrected chi connectivity index (χ1v) is 10.2. The molecule has 0 amide bonds. The molecule has 10 nitrogen and oxygen atoms in total. The number of nitrogens with one attached hydrogen (secondary N) is 1. The molecule has 31 heavy (non-hydrogen) atoms. The number of nitrogens with zero attached hydrogens (tertiary/aromatic N) is 2. The topological polar surface area (TPSA) is 129 Å². The molecule has 1 saturated heterocycles. The average Bonchev–Trinajstić information content (AvgIpc) is 3.07. The van der Waals surface area contributed by atoms with Crippen molar-refractivity contribution in [3.63, 3.8) is 0 Å². The van der Waals surface area contributed by atoms with Gasteiger partial charge >= 0.3 is 17.6 Å². The van der Waals surface area contributed by atoms with E-state index in [1.807, 2.05) is 13.0 Å². The zero-order valence-corrected chi connectivity index (χ0v) is 18.7. The third kappa shape index (κ3) is 5.42. The predicted octanol–water partition coefficient (Wildman–Crippen LogP) is 2.55. The van der Waals surface area contributed by atoms with E-state index in [2.05, 4.69) is 26.2 Å². The van der Waals surface area contributed by atoms with Crippen LogP contribution < -0.4 is 11.0 Å². The number of esters is 2. The van der Waals surface area contributed by atoms with Crippen LogP contribution in [0.4, 0.5) is 11.5 Å². The van der Waals surface area contributed by atoms with Gasteiger partial charge in [0.25, 0.3) is 0 Å². The van der Waals surface area contributed by atoms with E-state index in [0.29, 0.717) is 10.2 Å². The van der Waals surface area contributed by atoms with E-state index in [1.165, 1.54) is 30.7 Å². The Bertz CT molecular complexity index is 1040. The number of anilines is 2. The maximum Gasteiger partial charge on any atom is 0.351 e. The Balaban J connectivity index is 1.84. The third-order valence-electron chi connectivity index (χ3n) is 4.66. The average molecular weight is 496 g/mol. The minimum Gasteiger partial charge on any atom is -0.506 e. The zero-order valence-electron chi connectivity index (χ0n) is 17.1. The van der Waals surface area contributed by atoms with Gasteiger partial charge in [0.15, 0.2) is 5.82 Å². The van der Waals surface area contributed by atoms with E-state index in [1.54, 1.807) is 6.07 Å². The molecule has 1 fully saturated rings. The van der Waals surface area contributed by atoms with E-state index in [0.717, 1.165) is 5.56 Å². The minimum absolute atomic E-state index is 0.0227. The van der Waals surface area contributed by atoms with Crippen molar-refractivity contribution in [2.24, 2.45) is 0 Å². The molecular formula is C20H22BrN3O7. The molecule has 1 aromatic carbocycles. The summed E-state index contributed by atoms with van der Waals surface area (Å²) in [6.45, 7) is 4.22. The summed E-state index contributed by atoms with van der Waals surface area (Å²) in [5.74, 6) is -0.761. The molecule has 2 aromatic rings. The zero-order chi connectivity index (χ0) is 22.7. The second-order valence-electron chi connectivity index (χ2n) is 7.04. The maximum atomic E-state index is 12.7. The fraction of sp³-hybridized carbons (Fsp3) is 0.400. The van der Waals surface area contributed by atoms with Gasteiger partial charge in [0, 0.05) is 26.5 Å². The summed E-state index contributed by atoms with van der Waals surface area (Å²) in [7, 11) is 0. The quantitative estimate of drug-likeness (QED) is 0.458. The number of aryl methyl sites for hydroxylation is 1. The van der Waals surface area contributed by atoms with Crippen LogP contribution in [0.15, 0.2) is 33.7 Å². The number of para-hydroxylation sites is 1. The number of halogens is 1. The Morgan fingerprint density at radius 2 is 2.10 bits per heavy atom. The number of hydrogen-bond acceptors (Lipinski definition) is 9. The highest BCUT2D eigenvalue weighted by Crippen LogP contribution is 2.34. The highest BCUT2D eigenvalue weighted by atomic mass is 79.9. The summed E-state index contributed by atoms with van der Waals surface area (Å²) in [4.78, 5) is 39.3. The summed E-state index contributed by atoms with van der Waals surface area (Å²) in [6.07, 6.45) is -0.497. The summed E-state index contributed by atoms with van der Waals surface area (Å²) in [6, 6.07) is 5.04. The second kappa shape index (κ2) is 9.48. The fourth-order valence-corrected chi connectivity index (χ4v) is 3.64. The molecule has 3 rings (SSSR count). The Morgan fingerprint density at radius 1 is 1.35 bits per heavy atom. The molecule has 1 aliphatic heterocycles. The number of ether oxygens (including phenoxy) is 3. The van der Waals surface area contributed by atoms with Crippen molar-refractivity contribution in [2.45, 2.75) is 45.6 Å². The minimum atomic E-state index is -0.776. The standard InChI is InChI=1S/C20H22BrN3O7/c1-10-5-4-6-14(27)18(10)22-19-13(21)8-24(20(28)23-19)17-7-15(30-12(3)26)16(31-17)9-29-11(2)25/h4-6,8,15-17,27H,7,9H2,1-3H3,(H,22,23,28). The third-order valence-corrected chi connectivity index (χ3v) is 5.24. The van der Waals surface area contributed by atoms with E-state index >= 15 is 0 Å². The summed E-state index contributed by atoms with van der Waals surface area (Å²) < 4.78 is 17.8. The van der Waals surface area contributed by atoms with Gasteiger partial charge in [-0.3, -0.25) is 14.2 Å². The van der Waals surface area contributed by atoms with E-state index in [-0.39, 0.29) is 24.6 Å². The van der Waals surface area contributed by atoms with E-state index < -0.39 is 36.1 Å². The molecule has 1 aliphatic rings. The van der Waals surface area contributed by atoms with Crippen LogP contribution in [0.5, 0.6) is 5.75 Å². The molecule has 2 heterocycles. The number of rotatable bonds is 6. The molecule has 0 aliphatic carbocycles. The molecule has 11 heteroatoms. The van der Waals surface area contributed by atoms with Gasteiger partial charge in [0.2, 0.25) is 0 Å². The smallest absolute Gasteiger partial charge is 0.351 e. The largest absolute Gasteiger partial charge is 0.506 e. The maximum absolute atomic E-state index is 12.7. The molecule has 0 radical (unpaired) electrons. The van der Waals surface area contributed by atoms with Gasteiger partial charge in [0.05, 0.1) is 10.2 Å². The molecule has 1 aromatic heterocycles. The lowest BCUT2D eigenvalue weighted by Crippen LogP contribution is -2.31. The Kier molecular flexibility index (Phi) is 6.96. The number of phenolic OH excluding ortho intramolecular Hbond substituents is 1. The molecular weight excluding hydrogens is 474 g/mol. The lowest BCUT2D eigenvalue weighted by Gasteiger charge is -2.18. The van der Waals surface area contributed by atoms with Gasteiger partial charge in [-0.25, -0.2) is 4.79 Å². The van der Waals surface area contributed by atoms with Crippen molar-refractivity contribution in [1.29, 1.82) is 0 Å². The molecule has 0 bridgehead atoms. The van der Waals surface area contributed by atoms with E-state index in [4.69, 9.17) is 14.2 Å². The predicted molar refractivity (Wildman–Crippen MR) is 113 cm³/mol. The van der Waals surface area contributed by atoms with Crippen molar-refractivity contribution in [2.75, 3.05) is 11.9 Å². The van der Waals surface area contributed by atoms with Crippen LogP contribution in [0.25, 0.3) is 0 Å². The normalized spacial score (nSPS) is 20.3. The summed E-state index contributed by atoms with van der Waals surface area (Å²) >= 11 is 3.38. The lowest BCUT2D eigenvalue weighted by atomic mass is 10.2. The van der Waals surface area contributed by atoms with Crippen LogP contribution >= 0.6 is 15.9 Å². The van der Waals surface area contributed by atoms with Gasteiger partial charge in [-0.2, -0.15) is 4.98 Å². The number of hydrogen-bond donors (Lipinski definition) is 2. The van der Waals surface area contributed by atoms with Gasteiger partial charge in [-0.15, -0.1) is 0 Å². The molecule has 0 spiro atoms. The molecule has 2 N–H and O–H groups in total. The molecule has 3 unspecified atom stereocenters. The first kappa shape index (κ1) is 22.8. The highest BCUT2D eigenvalue weighted by molar-refractivity contribution is 9.10. The number of carbonyl (C=O) groups excluding carboxylic acids is 2. The van der Waals surface area contributed by atoms with Crippen molar-refractivity contribution in [3.05, 3.63) is 44.9 Å². The van der Waals surface area contributed by atoms with Crippen molar-refractivity contribution >= 4 is 39.4 Å². The fourth-order valence-electron chi connectivity index (χ4n) is 3.23. The SMILES string of the molecule is CC(=O)OCC1OC(n2cc(Br)c(Nc3c(C)cccc3O)nc2=O)CC1OC(C)=O. The van der Waals surface area contributed by atoms with Crippen LogP contribution in [0.2, 0.25) is 0 Å². The molecule has 0 saturated carbocycles. The van der Waals surface area contributed by atoms with Gasteiger partial charge in [-0.1, -0.05) is 12.1 Å². The Labute approximate surface area is 186 Å². The number of benzene rings is 1. The van der Waals surface area contributed by atoms with Crippen molar-refractivity contribution in [3.8, 4) is 5.75 Å². The highest BCUT2D eigenvalue weighted by Gasteiger charge is 2.39. The summed E-state index contributed by atoms with van der Waals surface area (Å²) in [5.41, 5.74) is 0.592. The van der Waals surface area contributed by atoms with Crippen molar-refractivity contribution < 1.29 is 28.9 Å². The lowest BCUT2D eigenvalue weighted by molar-refractivity contribution is -0.155. The Hall–Kier alpha value is -2.92. The van der Waals surface area contributed by atoms with Crippen LogP contribution in [0, 0.1) is 6.92 Å². The van der Waals surface area contributed by atoms with Crippen LogP contribution in [0.3, 0.4) is 0 Å². The van der Waals surface area contributed by atoms with Crippen LogP contribution in [-0.2, 0) is 23.8 Å². The van der Waals surface area contributed by atoms with Crippen LogP contribution in [0.1, 0.15) is 32.1 Å². The number of aromatic nitrogens is 2. The van der Waals surface area contributed by atoms with Crippen molar-refractivity contribution in [1.82, 2.24) is 9.55 Å². The second-order valence-corrected chi connectivity index (χ2v) is 7.89.